The van der Waals surface area contributed by atoms with Crippen LogP contribution in [0.15, 0.2) is 48.5 Å². The molecule has 0 aliphatic carbocycles. The fourth-order valence-corrected chi connectivity index (χ4v) is 4.47. The van der Waals surface area contributed by atoms with Crippen LogP contribution in [0.1, 0.15) is 36.8 Å². The van der Waals surface area contributed by atoms with Crippen LogP contribution in [0, 0.1) is 17.7 Å². The molecule has 6 nitrogen and oxygen atoms in total. The van der Waals surface area contributed by atoms with E-state index in [9.17, 15) is 19.1 Å². The molecule has 2 aliphatic heterocycles. The van der Waals surface area contributed by atoms with Crippen molar-refractivity contribution < 1.29 is 19.1 Å². The zero-order valence-electron chi connectivity index (χ0n) is 17.9. The number of hydrogen-bond donors (Lipinski definition) is 2. The third kappa shape index (κ3) is 4.32. The fourth-order valence-electron chi connectivity index (χ4n) is 4.47. The van der Waals surface area contributed by atoms with Gasteiger partial charge < -0.3 is 20.2 Å². The van der Waals surface area contributed by atoms with Crippen LogP contribution < -0.4 is 5.32 Å². The topological polar surface area (TPSA) is 72.9 Å². The van der Waals surface area contributed by atoms with Crippen molar-refractivity contribution in [3.63, 3.8) is 0 Å². The first-order valence-electron chi connectivity index (χ1n) is 10.8. The Morgan fingerprint density at radius 3 is 2.56 bits per heavy atom. The Hall–Kier alpha value is -3.37. The normalized spacial score (nSPS) is 21.8. The van der Waals surface area contributed by atoms with Gasteiger partial charge in [-0.15, -0.1) is 0 Å². The Morgan fingerprint density at radius 2 is 1.91 bits per heavy atom. The number of carbonyl (C=O) groups is 2. The largest absolute Gasteiger partial charge is 0.394 e. The monoisotopic (exact) mass is 435 g/mol. The minimum Gasteiger partial charge on any atom is -0.394 e. The van der Waals surface area contributed by atoms with Crippen LogP contribution in [0.5, 0.6) is 0 Å². The van der Waals surface area contributed by atoms with E-state index in [4.69, 9.17) is 0 Å². The predicted molar refractivity (Wildman–Crippen MR) is 119 cm³/mol. The lowest BCUT2D eigenvalue weighted by atomic mass is 9.73. The quantitative estimate of drug-likeness (QED) is 0.725. The Balaban J connectivity index is 1.48. The van der Waals surface area contributed by atoms with Crippen molar-refractivity contribution in [3.8, 4) is 11.8 Å². The molecule has 2 aliphatic rings. The lowest BCUT2D eigenvalue weighted by molar-refractivity contribution is -0.159. The highest BCUT2D eigenvalue weighted by atomic mass is 19.1. The highest BCUT2D eigenvalue weighted by Gasteiger charge is 2.54. The number of urea groups is 1. The summed E-state index contributed by atoms with van der Waals surface area (Å²) in [7, 11) is 0. The molecule has 7 heteroatoms. The third-order valence-electron chi connectivity index (χ3n) is 6.04. The van der Waals surface area contributed by atoms with Gasteiger partial charge in [0.15, 0.2) is 0 Å². The molecule has 0 unspecified atom stereocenters. The molecule has 2 aromatic carbocycles. The van der Waals surface area contributed by atoms with E-state index in [1.54, 1.807) is 4.90 Å². The molecule has 0 radical (unpaired) electrons. The number of carbonyl (C=O) groups excluding carboxylic acids is 2. The first-order chi connectivity index (χ1) is 15.5. The van der Waals surface area contributed by atoms with Gasteiger partial charge >= 0.3 is 6.03 Å². The van der Waals surface area contributed by atoms with Crippen LogP contribution >= 0.6 is 0 Å². The van der Waals surface area contributed by atoms with Crippen molar-refractivity contribution in [1.29, 1.82) is 0 Å². The zero-order chi connectivity index (χ0) is 22.7. The van der Waals surface area contributed by atoms with Gasteiger partial charge in [-0.25, -0.2) is 9.18 Å². The van der Waals surface area contributed by atoms with Crippen LogP contribution in [-0.2, 0) is 4.79 Å². The van der Waals surface area contributed by atoms with Crippen LogP contribution in [0.4, 0.5) is 14.9 Å². The number of fused-ring (bicyclic) bond motifs is 1. The van der Waals surface area contributed by atoms with E-state index in [1.165, 1.54) is 29.2 Å². The number of aliphatic hydroxyl groups excluding tert-OH is 1. The second-order valence-corrected chi connectivity index (χ2v) is 8.14. The number of amides is 3. The summed E-state index contributed by atoms with van der Waals surface area (Å²) in [4.78, 5) is 28.6. The number of halogens is 1. The zero-order valence-corrected chi connectivity index (χ0v) is 17.9. The van der Waals surface area contributed by atoms with E-state index in [-0.39, 0.29) is 42.9 Å². The van der Waals surface area contributed by atoms with Crippen LogP contribution in [-0.4, -0.2) is 58.6 Å². The van der Waals surface area contributed by atoms with E-state index in [1.807, 2.05) is 24.3 Å². The summed E-state index contributed by atoms with van der Waals surface area (Å²) in [6.45, 7) is 2.26. The number of hydrogen-bond acceptors (Lipinski definition) is 3. The van der Waals surface area contributed by atoms with Gasteiger partial charge in [0.1, 0.15) is 12.4 Å². The maximum atomic E-state index is 13.1. The summed E-state index contributed by atoms with van der Waals surface area (Å²) in [5.41, 5.74) is 2.41. The number of rotatable bonds is 4. The van der Waals surface area contributed by atoms with E-state index >= 15 is 0 Å². The number of aliphatic hydroxyl groups is 1. The molecule has 2 fully saturated rings. The number of benzene rings is 2. The molecule has 0 aromatic heterocycles. The molecule has 3 atom stereocenters. The van der Waals surface area contributed by atoms with E-state index in [0.29, 0.717) is 12.2 Å². The average Bonchev–Trinajstić information content (AvgIpc) is 2.78. The first kappa shape index (κ1) is 21.8. The van der Waals surface area contributed by atoms with Gasteiger partial charge in [0.25, 0.3) is 0 Å². The Morgan fingerprint density at radius 1 is 1.19 bits per heavy atom. The van der Waals surface area contributed by atoms with E-state index in [2.05, 4.69) is 24.1 Å². The van der Waals surface area contributed by atoms with Crippen molar-refractivity contribution in [1.82, 2.24) is 9.80 Å². The summed E-state index contributed by atoms with van der Waals surface area (Å²) in [5.74, 6) is 5.62. The number of unbranched alkanes of at least 4 members (excludes halogenated alkanes) is 1. The van der Waals surface area contributed by atoms with Crippen LogP contribution in [0.25, 0.3) is 0 Å². The number of nitrogens with one attached hydrogen (secondary N) is 1. The molecule has 2 aromatic rings. The van der Waals surface area contributed by atoms with Gasteiger partial charge in [-0.3, -0.25) is 4.79 Å². The summed E-state index contributed by atoms with van der Waals surface area (Å²) in [6.07, 6.45) is 1.87. The highest BCUT2D eigenvalue weighted by Crippen LogP contribution is 2.43. The molecule has 166 valence electrons. The molecule has 0 bridgehead atoms. The Bertz CT molecular complexity index is 1040. The van der Waals surface area contributed by atoms with Crippen molar-refractivity contribution in [2.45, 2.75) is 37.8 Å². The summed E-state index contributed by atoms with van der Waals surface area (Å²) >= 11 is 0. The second kappa shape index (κ2) is 9.41. The molecular formula is C25H26FN3O3. The van der Waals surface area contributed by atoms with E-state index in [0.717, 1.165) is 24.0 Å². The lowest BCUT2D eigenvalue weighted by Gasteiger charge is -2.58. The maximum Gasteiger partial charge on any atom is 0.322 e. The van der Waals surface area contributed by atoms with Crippen LogP contribution in [0.2, 0.25) is 0 Å². The van der Waals surface area contributed by atoms with Crippen molar-refractivity contribution in [3.05, 3.63) is 65.5 Å². The Kier molecular flexibility index (Phi) is 6.42. The molecular weight excluding hydrogens is 409 g/mol. The smallest absolute Gasteiger partial charge is 0.322 e. The van der Waals surface area contributed by atoms with Gasteiger partial charge in [-0.1, -0.05) is 30.9 Å². The maximum absolute atomic E-state index is 13.1. The van der Waals surface area contributed by atoms with E-state index < -0.39 is 6.03 Å². The summed E-state index contributed by atoms with van der Waals surface area (Å²) in [6, 6.07) is 12.5. The third-order valence-corrected chi connectivity index (χ3v) is 6.04. The van der Waals surface area contributed by atoms with Crippen LogP contribution in [0.3, 0.4) is 0 Å². The number of anilines is 1. The molecule has 0 saturated carbocycles. The molecule has 2 saturated heterocycles. The standard InChI is InChI=1S/C25H26FN3O3/c1-2-3-4-5-17-6-8-18(9-7-17)24-21-14-28(15-23(31)29(21)22(24)16-30)25(32)27-20-12-10-19(26)11-13-20/h6-13,21-22,24,30H,2-3,14-16H2,1H3,(H,27,32)/t21-,22+,24-/m1/s1. The molecule has 2 N–H and O–H groups in total. The second-order valence-electron chi connectivity index (χ2n) is 8.14. The summed E-state index contributed by atoms with van der Waals surface area (Å²) in [5, 5.41) is 12.6. The van der Waals surface area contributed by atoms with Crippen molar-refractivity contribution in [2.24, 2.45) is 0 Å². The minimum absolute atomic E-state index is 0.0568. The molecule has 3 amide bonds. The first-order valence-corrected chi connectivity index (χ1v) is 10.8. The minimum atomic E-state index is -0.405. The number of piperazine rings is 1. The molecule has 0 spiro atoms. The SMILES string of the molecule is CCCC#Cc1ccc([C@@H]2[C@H]3CN(C(=O)Nc4ccc(F)cc4)CC(=O)N3[C@H]2CO)cc1. The predicted octanol–water partition coefficient (Wildman–Crippen LogP) is 3.18. The fraction of sp³-hybridized carbons (Fsp3) is 0.360. The molecule has 4 rings (SSSR count). The van der Waals surface area contributed by atoms with Crippen molar-refractivity contribution >= 4 is 17.6 Å². The molecule has 2 heterocycles. The van der Waals surface area contributed by atoms with Gasteiger partial charge in [-0.2, -0.15) is 0 Å². The van der Waals surface area contributed by atoms with Gasteiger partial charge in [-0.05, 0) is 48.4 Å². The Labute approximate surface area is 187 Å². The number of nitrogens with zero attached hydrogens (tertiary/aromatic N) is 2. The van der Waals surface area contributed by atoms with Gasteiger partial charge in [0, 0.05) is 30.1 Å². The van der Waals surface area contributed by atoms with Crippen molar-refractivity contribution in [2.75, 3.05) is 25.0 Å². The highest BCUT2D eigenvalue weighted by molar-refractivity contribution is 5.93. The average molecular weight is 435 g/mol. The van der Waals surface area contributed by atoms with Gasteiger partial charge in [0.05, 0.1) is 18.7 Å². The summed E-state index contributed by atoms with van der Waals surface area (Å²) < 4.78 is 13.1. The lowest BCUT2D eigenvalue weighted by Crippen LogP contribution is -2.73. The van der Waals surface area contributed by atoms with Gasteiger partial charge in [0.2, 0.25) is 5.91 Å². The molecule has 32 heavy (non-hydrogen) atoms.